The molecule has 1 unspecified atom stereocenters. The summed E-state index contributed by atoms with van der Waals surface area (Å²) in [6, 6.07) is 4.37. The second-order valence-electron chi connectivity index (χ2n) is 4.51. The van der Waals surface area contributed by atoms with Crippen LogP contribution in [0.2, 0.25) is 0 Å². The predicted molar refractivity (Wildman–Crippen MR) is 71.6 cm³/mol. The van der Waals surface area contributed by atoms with Gasteiger partial charge in [0.1, 0.15) is 18.4 Å². The topological polar surface area (TPSA) is 86.7 Å². The number of carboxylic acid groups (broad SMARTS) is 1. The monoisotopic (exact) mass is 292 g/mol. The molecule has 0 radical (unpaired) electrons. The first-order valence-corrected chi connectivity index (χ1v) is 6.21. The van der Waals surface area contributed by atoms with Gasteiger partial charge in [0.05, 0.1) is 0 Å². The normalized spacial score (nSPS) is 18.6. The predicted octanol–water partition coefficient (Wildman–Crippen LogP) is 0.251. The number of hydrogen-bond donors (Lipinski definition) is 2. The number of halogens is 1. The molecule has 1 heterocycles. The molecule has 2 N–H and O–H groups in total. The average Bonchev–Trinajstić information content (AvgIpc) is 2.46. The Morgan fingerprint density at radius 3 is 2.62 bits per heavy atom. The molecule has 21 heavy (non-hydrogen) atoms. The maximum absolute atomic E-state index is 12.8. The van der Waals surface area contributed by atoms with Crippen LogP contribution in [0.4, 0.5) is 4.39 Å². The first-order chi connectivity index (χ1) is 9.97. The van der Waals surface area contributed by atoms with Gasteiger partial charge in [-0.2, -0.15) is 0 Å². The van der Waals surface area contributed by atoms with Gasteiger partial charge in [-0.3, -0.25) is 9.59 Å². The molecule has 0 aromatic heterocycles. The molecule has 1 saturated heterocycles. The van der Waals surface area contributed by atoms with E-state index >= 15 is 0 Å². The molecule has 1 atom stereocenters. The summed E-state index contributed by atoms with van der Waals surface area (Å²) in [6.07, 6.45) is 2.61. The highest BCUT2D eigenvalue weighted by molar-refractivity contribution is 5.98. The molecule has 110 valence electrons. The molecule has 0 bridgehead atoms. The highest BCUT2D eigenvalue weighted by Gasteiger charge is 2.34. The molecule has 2 rings (SSSR count). The molecule has 0 aliphatic carbocycles. The van der Waals surface area contributed by atoms with Crippen LogP contribution in [0, 0.1) is 5.82 Å². The quantitative estimate of drug-likeness (QED) is 0.782. The number of carbonyl (C=O) groups excluding carboxylic acids is 2. The van der Waals surface area contributed by atoms with Gasteiger partial charge in [0.2, 0.25) is 11.8 Å². The second-order valence-corrected chi connectivity index (χ2v) is 4.51. The summed E-state index contributed by atoms with van der Waals surface area (Å²) in [7, 11) is 0. The van der Waals surface area contributed by atoms with Gasteiger partial charge in [-0.05, 0) is 23.8 Å². The maximum atomic E-state index is 12.8. The number of aliphatic carboxylic acids is 1. The Morgan fingerprint density at radius 1 is 1.33 bits per heavy atom. The molecule has 1 aromatic carbocycles. The fourth-order valence-electron chi connectivity index (χ4n) is 1.93. The van der Waals surface area contributed by atoms with Gasteiger partial charge < -0.3 is 15.3 Å². The number of rotatable bonds is 3. The summed E-state index contributed by atoms with van der Waals surface area (Å²) in [5.41, 5.74) is 0.595. The third-order valence-corrected chi connectivity index (χ3v) is 3.04. The second kappa shape index (κ2) is 6.17. The first-order valence-electron chi connectivity index (χ1n) is 6.21. The van der Waals surface area contributed by atoms with E-state index in [9.17, 15) is 18.8 Å². The summed E-state index contributed by atoms with van der Waals surface area (Å²) in [6.45, 7) is -0.423. The molecule has 1 aromatic rings. The fourth-order valence-corrected chi connectivity index (χ4v) is 1.93. The Balaban J connectivity index is 2.11. The minimum Gasteiger partial charge on any atom is -0.480 e. The van der Waals surface area contributed by atoms with Crippen molar-refractivity contribution in [2.75, 3.05) is 13.1 Å². The van der Waals surface area contributed by atoms with Gasteiger partial charge in [-0.1, -0.05) is 12.1 Å². The van der Waals surface area contributed by atoms with E-state index in [0.29, 0.717) is 5.56 Å². The molecule has 1 aliphatic rings. The van der Waals surface area contributed by atoms with E-state index in [2.05, 4.69) is 5.32 Å². The van der Waals surface area contributed by atoms with E-state index < -0.39 is 29.6 Å². The SMILES string of the molecule is O=C1CN(C(=O)/C=C/c2ccc(F)cc2)C(C(=O)O)CN1. The number of nitrogens with one attached hydrogen (secondary N) is 1. The zero-order chi connectivity index (χ0) is 15.4. The maximum Gasteiger partial charge on any atom is 0.328 e. The van der Waals surface area contributed by atoms with Crippen molar-refractivity contribution in [1.82, 2.24) is 10.2 Å². The summed E-state index contributed by atoms with van der Waals surface area (Å²) >= 11 is 0. The van der Waals surface area contributed by atoms with Gasteiger partial charge in [0, 0.05) is 12.6 Å². The van der Waals surface area contributed by atoms with E-state index in [1.807, 2.05) is 0 Å². The molecular formula is C14H13FN2O4. The Morgan fingerprint density at radius 2 is 2.00 bits per heavy atom. The molecule has 6 nitrogen and oxygen atoms in total. The van der Waals surface area contributed by atoms with E-state index in [-0.39, 0.29) is 13.1 Å². The summed E-state index contributed by atoms with van der Waals surface area (Å²) in [5, 5.41) is 11.4. The minimum absolute atomic E-state index is 0.121. The zero-order valence-corrected chi connectivity index (χ0v) is 11.0. The van der Waals surface area contributed by atoms with E-state index in [1.165, 1.54) is 36.4 Å². The van der Waals surface area contributed by atoms with Crippen molar-refractivity contribution in [2.45, 2.75) is 6.04 Å². The van der Waals surface area contributed by atoms with Crippen LogP contribution in [-0.2, 0) is 14.4 Å². The van der Waals surface area contributed by atoms with Gasteiger partial charge in [-0.15, -0.1) is 0 Å². The minimum atomic E-state index is -1.18. The standard InChI is InChI=1S/C14H13FN2O4/c15-10-4-1-9(2-5-10)3-6-13(19)17-8-12(18)16-7-11(17)14(20)21/h1-6,11H,7-8H2,(H,16,18)(H,20,21)/b6-3+. The fraction of sp³-hybridized carbons (Fsp3) is 0.214. The van der Waals surface area contributed by atoms with Crippen LogP contribution in [0.25, 0.3) is 6.08 Å². The smallest absolute Gasteiger partial charge is 0.328 e. The number of hydrogen-bond acceptors (Lipinski definition) is 3. The van der Waals surface area contributed by atoms with Crippen LogP contribution in [0.15, 0.2) is 30.3 Å². The van der Waals surface area contributed by atoms with Crippen molar-refractivity contribution in [2.24, 2.45) is 0 Å². The van der Waals surface area contributed by atoms with Crippen molar-refractivity contribution in [3.63, 3.8) is 0 Å². The molecule has 1 aliphatic heterocycles. The van der Waals surface area contributed by atoms with Gasteiger partial charge >= 0.3 is 5.97 Å². The van der Waals surface area contributed by atoms with Crippen molar-refractivity contribution in [3.05, 3.63) is 41.7 Å². The lowest BCUT2D eigenvalue weighted by atomic mass is 10.1. The van der Waals surface area contributed by atoms with Gasteiger partial charge in [-0.25, -0.2) is 9.18 Å². The number of piperazine rings is 1. The van der Waals surface area contributed by atoms with Crippen LogP contribution < -0.4 is 5.32 Å². The number of carbonyl (C=O) groups is 3. The van der Waals surface area contributed by atoms with Crippen molar-refractivity contribution >= 4 is 23.9 Å². The van der Waals surface area contributed by atoms with Crippen LogP contribution in [0.3, 0.4) is 0 Å². The molecule has 7 heteroatoms. The summed E-state index contributed by atoms with van der Waals surface area (Å²) in [4.78, 5) is 35.4. The Kier molecular flexibility index (Phi) is 4.32. The van der Waals surface area contributed by atoms with Gasteiger partial charge in [0.15, 0.2) is 0 Å². The highest BCUT2D eigenvalue weighted by atomic mass is 19.1. The van der Waals surface area contributed by atoms with Crippen LogP contribution >= 0.6 is 0 Å². The van der Waals surface area contributed by atoms with Crippen LogP contribution in [0.5, 0.6) is 0 Å². The third-order valence-electron chi connectivity index (χ3n) is 3.04. The first kappa shape index (κ1) is 14.7. The Bertz CT molecular complexity index is 597. The lowest BCUT2D eigenvalue weighted by Crippen LogP contribution is -2.59. The van der Waals surface area contributed by atoms with Crippen molar-refractivity contribution in [1.29, 1.82) is 0 Å². The Labute approximate surface area is 119 Å². The average molecular weight is 292 g/mol. The summed E-state index contributed by atoms with van der Waals surface area (Å²) < 4.78 is 12.8. The highest BCUT2D eigenvalue weighted by Crippen LogP contribution is 2.09. The van der Waals surface area contributed by atoms with E-state index in [4.69, 9.17) is 5.11 Å². The molecule has 2 amide bonds. The number of benzene rings is 1. The number of carboxylic acids is 1. The molecular weight excluding hydrogens is 279 g/mol. The lowest BCUT2D eigenvalue weighted by molar-refractivity contribution is -0.152. The molecule has 0 spiro atoms. The van der Waals surface area contributed by atoms with Crippen LogP contribution in [0.1, 0.15) is 5.56 Å². The molecule has 1 fully saturated rings. The Hall–Kier alpha value is -2.70. The molecule has 0 saturated carbocycles. The van der Waals surface area contributed by atoms with Crippen molar-refractivity contribution in [3.8, 4) is 0 Å². The zero-order valence-electron chi connectivity index (χ0n) is 11.0. The third kappa shape index (κ3) is 3.65. The van der Waals surface area contributed by atoms with Gasteiger partial charge in [0.25, 0.3) is 0 Å². The summed E-state index contributed by atoms with van der Waals surface area (Å²) in [5.74, 6) is -2.56. The van der Waals surface area contributed by atoms with E-state index in [0.717, 1.165) is 4.90 Å². The van der Waals surface area contributed by atoms with Crippen molar-refractivity contribution < 1.29 is 23.9 Å². The van der Waals surface area contributed by atoms with Crippen LogP contribution in [-0.4, -0.2) is 46.9 Å². The lowest BCUT2D eigenvalue weighted by Gasteiger charge is -2.31. The number of nitrogens with zero attached hydrogens (tertiary/aromatic N) is 1. The number of amides is 2. The van der Waals surface area contributed by atoms with E-state index in [1.54, 1.807) is 0 Å². The largest absolute Gasteiger partial charge is 0.480 e.